The second kappa shape index (κ2) is 9.84. The molecule has 1 aromatic heterocycles. The molecule has 0 radical (unpaired) electrons. The second-order valence-electron chi connectivity index (χ2n) is 8.89. The molecule has 1 N–H and O–H groups in total. The van der Waals surface area contributed by atoms with E-state index < -0.39 is 0 Å². The van der Waals surface area contributed by atoms with Gasteiger partial charge in [0.25, 0.3) is 0 Å². The monoisotopic (exact) mass is 481 g/mol. The number of aryl methyl sites for hydroxylation is 1. The fraction of sp³-hybridized carbons (Fsp3) is 0.207. The number of rotatable bonds is 6. The van der Waals surface area contributed by atoms with Crippen molar-refractivity contribution in [2.75, 3.05) is 11.9 Å². The van der Waals surface area contributed by atoms with Crippen molar-refractivity contribution >= 4 is 28.8 Å². The Labute approximate surface area is 209 Å². The number of aromatic nitrogens is 1. The van der Waals surface area contributed by atoms with Gasteiger partial charge >= 0.3 is 0 Å². The van der Waals surface area contributed by atoms with Crippen molar-refractivity contribution in [3.05, 3.63) is 95.4 Å². The zero-order chi connectivity index (χ0) is 24.4. The number of carbonyl (C=O) groups excluding carboxylic acids is 2. The molecule has 6 heteroatoms. The minimum Gasteiger partial charge on any atom is -0.335 e. The maximum atomic E-state index is 12.9. The fourth-order valence-corrected chi connectivity index (χ4v) is 5.46. The lowest BCUT2D eigenvalue weighted by atomic mass is 10.1. The van der Waals surface area contributed by atoms with E-state index in [4.69, 9.17) is 4.98 Å². The molecule has 0 bridgehead atoms. The number of amides is 2. The van der Waals surface area contributed by atoms with E-state index in [1.807, 2.05) is 79.7 Å². The van der Waals surface area contributed by atoms with Crippen molar-refractivity contribution in [3.8, 4) is 21.8 Å². The number of thiazole rings is 1. The highest BCUT2D eigenvalue weighted by Crippen LogP contribution is 2.34. The summed E-state index contributed by atoms with van der Waals surface area (Å²) in [5, 5.41) is 3.99. The molecule has 1 aliphatic heterocycles. The number of hydrogen-bond donors (Lipinski definition) is 1. The van der Waals surface area contributed by atoms with Gasteiger partial charge in [0, 0.05) is 34.7 Å². The zero-order valence-electron chi connectivity index (χ0n) is 19.8. The van der Waals surface area contributed by atoms with E-state index in [0.29, 0.717) is 6.54 Å². The van der Waals surface area contributed by atoms with Crippen LogP contribution in [0.1, 0.15) is 29.8 Å². The first kappa shape index (κ1) is 23.0. The van der Waals surface area contributed by atoms with E-state index in [-0.39, 0.29) is 30.2 Å². The zero-order valence-corrected chi connectivity index (χ0v) is 20.6. The lowest BCUT2D eigenvalue weighted by Gasteiger charge is -2.25. The average molecular weight is 482 g/mol. The molecule has 0 spiro atoms. The van der Waals surface area contributed by atoms with Crippen LogP contribution in [0.25, 0.3) is 21.8 Å². The van der Waals surface area contributed by atoms with Crippen molar-refractivity contribution < 1.29 is 9.59 Å². The maximum Gasteiger partial charge on any atom is 0.229 e. The molecule has 3 aromatic carbocycles. The Hall–Kier alpha value is -3.77. The first-order valence-corrected chi connectivity index (χ1v) is 12.6. The molecule has 4 aromatic rings. The molecule has 2 unspecified atom stereocenters. The Morgan fingerprint density at radius 3 is 2.31 bits per heavy atom. The Kier molecular flexibility index (Phi) is 6.47. The molecule has 2 heterocycles. The fourth-order valence-electron chi connectivity index (χ4n) is 4.52. The van der Waals surface area contributed by atoms with Crippen LogP contribution in [0, 0.1) is 12.8 Å². The van der Waals surface area contributed by atoms with Gasteiger partial charge in [0.15, 0.2) is 0 Å². The molecule has 2 amide bonds. The van der Waals surface area contributed by atoms with E-state index in [9.17, 15) is 9.59 Å². The van der Waals surface area contributed by atoms with E-state index in [1.165, 1.54) is 0 Å². The van der Waals surface area contributed by atoms with Crippen LogP contribution in [-0.4, -0.2) is 28.2 Å². The van der Waals surface area contributed by atoms with Crippen molar-refractivity contribution in [1.29, 1.82) is 0 Å². The van der Waals surface area contributed by atoms with Crippen LogP contribution in [0.5, 0.6) is 0 Å². The molecule has 0 saturated carbocycles. The Morgan fingerprint density at radius 1 is 0.971 bits per heavy atom. The number of nitrogens with one attached hydrogen (secondary N) is 1. The predicted octanol–water partition coefficient (Wildman–Crippen LogP) is 6.33. The second-order valence-corrected chi connectivity index (χ2v) is 10.1. The summed E-state index contributed by atoms with van der Waals surface area (Å²) in [7, 11) is 0. The number of carbonyl (C=O) groups is 2. The lowest BCUT2D eigenvalue weighted by Crippen LogP contribution is -2.30. The summed E-state index contributed by atoms with van der Waals surface area (Å²) < 4.78 is 0. The topological polar surface area (TPSA) is 62.3 Å². The molecule has 176 valence electrons. The van der Waals surface area contributed by atoms with Gasteiger partial charge in [-0.2, -0.15) is 0 Å². The minimum atomic E-state index is -0.359. The molecular weight excluding hydrogens is 454 g/mol. The van der Waals surface area contributed by atoms with Gasteiger partial charge in [0.1, 0.15) is 5.01 Å². The molecule has 1 aliphatic rings. The van der Waals surface area contributed by atoms with E-state index >= 15 is 0 Å². The molecule has 2 atom stereocenters. The molecule has 1 fully saturated rings. The maximum absolute atomic E-state index is 12.9. The van der Waals surface area contributed by atoms with Gasteiger partial charge in [-0.15, -0.1) is 11.3 Å². The van der Waals surface area contributed by atoms with Gasteiger partial charge in [-0.1, -0.05) is 72.8 Å². The minimum absolute atomic E-state index is 0.0186. The van der Waals surface area contributed by atoms with Crippen LogP contribution >= 0.6 is 11.3 Å². The molecule has 5 rings (SSSR count). The average Bonchev–Trinajstić information content (AvgIpc) is 3.48. The third kappa shape index (κ3) is 4.88. The summed E-state index contributed by atoms with van der Waals surface area (Å²) in [5.41, 5.74) is 4.87. The van der Waals surface area contributed by atoms with Crippen LogP contribution in [0.3, 0.4) is 0 Å². The lowest BCUT2D eigenvalue weighted by molar-refractivity contribution is -0.129. The van der Waals surface area contributed by atoms with Crippen molar-refractivity contribution in [1.82, 2.24) is 9.88 Å². The molecule has 5 nitrogen and oxygen atoms in total. The number of nitrogens with zero attached hydrogens (tertiary/aromatic N) is 2. The Morgan fingerprint density at radius 2 is 1.63 bits per heavy atom. The predicted molar refractivity (Wildman–Crippen MR) is 141 cm³/mol. The van der Waals surface area contributed by atoms with Crippen LogP contribution < -0.4 is 5.32 Å². The summed E-state index contributed by atoms with van der Waals surface area (Å²) in [6, 6.07) is 27.8. The van der Waals surface area contributed by atoms with Gasteiger partial charge in [-0.3, -0.25) is 9.59 Å². The van der Waals surface area contributed by atoms with Crippen LogP contribution in [0.2, 0.25) is 0 Å². The van der Waals surface area contributed by atoms with Gasteiger partial charge < -0.3 is 10.2 Å². The van der Waals surface area contributed by atoms with Gasteiger partial charge in [0.2, 0.25) is 11.8 Å². The summed E-state index contributed by atoms with van der Waals surface area (Å²) in [6.45, 7) is 4.52. The SMILES string of the molecule is Cc1sc(-c2ccccc2)nc1-c1ccc(NC(=O)C2CC(=O)N(C(C)c3ccccc3)C2)cc1. The van der Waals surface area contributed by atoms with Crippen LogP contribution in [0.15, 0.2) is 84.9 Å². The Balaban J connectivity index is 1.24. The number of hydrogen-bond acceptors (Lipinski definition) is 4. The van der Waals surface area contributed by atoms with E-state index in [1.54, 1.807) is 16.2 Å². The molecule has 1 saturated heterocycles. The molecule has 35 heavy (non-hydrogen) atoms. The summed E-state index contributed by atoms with van der Waals surface area (Å²) in [6.07, 6.45) is 0.237. The Bertz CT molecular complexity index is 1330. The highest BCUT2D eigenvalue weighted by atomic mass is 32.1. The summed E-state index contributed by atoms with van der Waals surface area (Å²) in [5.74, 6) is -0.460. The van der Waals surface area contributed by atoms with Crippen molar-refractivity contribution in [3.63, 3.8) is 0 Å². The first-order chi connectivity index (χ1) is 17.0. The highest BCUT2D eigenvalue weighted by Gasteiger charge is 2.37. The number of likely N-dealkylation sites (tertiary alicyclic amines) is 1. The third-order valence-corrected chi connectivity index (χ3v) is 7.54. The van der Waals surface area contributed by atoms with Gasteiger partial charge in [0.05, 0.1) is 17.7 Å². The molecular formula is C29H27N3O2S. The quantitative estimate of drug-likeness (QED) is 0.350. The normalized spacial score (nSPS) is 16.3. The van der Waals surface area contributed by atoms with Crippen molar-refractivity contribution in [2.45, 2.75) is 26.3 Å². The number of anilines is 1. The van der Waals surface area contributed by atoms with Gasteiger partial charge in [-0.25, -0.2) is 4.98 Å². The van der Waals surface area contributed by atoms with Crippen LogP contribution in [-0.2, 0) is 9.59 Å². The largest absolute Gasteiger partial charge is 0.335 e. The summed E-state index contributed by atoms with van der Waals surface area (Å²) >= 11 is 1.68. The molecule has 0 aliphatic carbocycles. The highest BCUT2D eigenvalue weighted by molar-refractivity contribution is 7.15. The first-order valence-electron chi connectivity index (χ1n) is 11.8. The third-order valence-electron chi connectivity index (χ3n) is 6.52. The van der Waals surface area contributed by atoms with E-state index in [2.05, 4.69) is 24.4 Å². The number of benzene rings is 3. The summed E-state index contributed by atoms with van der Waals surface area (Å²) in [4.78, 5) is 33.4. The van der Waals surface area contributed by atoms with Crippen molar-refractivity contribution in [2.24, 2.45) is 5.92 Å². The van der Waals surface area contributed by atoms with Gasteiger partial charge in [-0.05, 0) is 31.5 Å². The van der Waals surface area contributed by atoms with E-state index in [0.717, 1.165) is 38.0 Å². The smallest absolute Gasteiger partial charge is 0.229 e. The standard InChI is InChI=1S/C29H27N3O2S/c1-19(21-9-5-3-6-10-21)32-18-24(17-26(32)33)28(34)30-25-15-13-22(14-16-25)27-20(2)35-29(31-27)23-11-7-4-8-12-23/h3-16,19,24H,17-18H2,1-2H3,(H,30,34). The van der Waals surface area contributed by atoms with Crippen LogP contribution in [0.4, 0.5) is 5.69 Å².